The van der Waals surface area contributed by atoms with Crippen molar-refractivity contribution in [2.45, 2.75) is 49.1 Å². The van der Waals surface area contributed by atoms with Crippen LogP contribution in [0.4, 0.5) is 0 Å². The van der Waals surface area contributed by atoms with E-state index in [0.29, 0.717) is 0 Å². The van der Waals surface area contributed by atoms with Crippen LogP contribution >= 0.6 is 11.8 Å². The van der Waals surface area contributed by atoms with E-state index < -0.39 is 0 Å². The monoisotopic (exact) mass is 247 g/mol. The van der Waals surface area contributed by atoms with Gasteiger partial charge in [-0.2, -0.15) is 0 Å². The lowest BCUT2D eigenvalue weighted by molar-refractivity contribution is 0.419. The van der Waals surface area contributed by atoms with Gasteiger partial charge in [-0.25, -0.2) is 0 Å². The van der Waals surface area contributed by atoms with Gasteiger partial charge in [-0.1, -0.05) is 37.6 Å². The van der Waals surface area contributed by atoms with Crippen molar-refractivity contribution in [2.24, 2.45) is 0 Å². The molecule has 2 heteroatoms. The zero-order valence-corrected chi connectivity index (χ0v) is 11.4. The second-order valence-corrected chi connectivity index (χ2v) is 7.07. The Hall–Kier alpha value is -0.470. The van der Waals surface area contributed by atoms with Gasteiger partial charge in [0.05, 0.1) is 4.87 Å². The molecule has 1 aromatic rings. The number of rotatable bonds is 0. The Labute approximate surface area is 108 Å². The summed E-state index contributed by atoms with van der Waals surface area (Å²) in [6, 6.07) is 9.06. The Balaban J connectivity index is 2.03. The number of benzene rings is 1. The summed E-state index contributed by atoms with van der Waals surface area (Å²) in [7, 11) is 0. The number of hydrogen-bond acceptors (Lipinski definition) is 2. The van der Waals surface area contributed by atoms with E-state index in [-0.39, 0.29) is 4.87 Å². The third-order valence-corrected chi connectivity index (χ3v) is 5.65. The summed E-state index contributed by atoms with van der Waals surface area (Å²) in [5.41, 5.74) is 3.13. The summed E-state index contributed by atoms with van der Waals surface area (Å²) in [5, 5.41) is 4.60. The molecule has 2 unspecified atom stereocenters. The maximum Gasteiger partial charge on any atom is 0.0906 e. The average molecular weight is 247 g/mol. The van der Waals surface area contributed by atoms with Gasteiger partial charge in [-0.05, 0) is 43.4 Å². The second kappa shape index (κ2) is 4.66. The van der Waals surface area contributed by atoms with Gasteiger partial charge in [-0.3, -0.25) is 5.32 Å². The van der Waals surface area contributed by atoms with E-state index in [1.54, 1.807) is 11.1 Å². The minimum absolute atomic E-state index is 0.213. The first-order chi connectivity index (χ1) is 8.30. The molecule has 2 aliphatic rings. The predicted octanol–water partition coefficient (Wildman–Crippen LogP) is 3.68. The maximum atomic E-state index is 3.82. The first kappa shape index (κ1) is 11.6. The van der Waals surface area contributed by atoms with Crippen molar-refractivity contribution in [1.82, 2.24) is 5.32 Å². The molecule has 1 saturated heterocycles. The van der Waals surface area contributed by atoms with Crippen molar-refractivity contribution >= 4 is 11.8 Å². The molecule has 1 aliphatic heterocycles. The molecule has 0 bridgehead atoms. The molecular weight excluding hydrogens is 226 g/mol. The SMILES string of the molecule is CC1CCNC2(CCCCc3ccccc32)S1. The topological polar surface area (TPSA) is 12.0 Å². The lowest BCUT2D eigenvalue weighted by atomic mass is 9.98. The van der Waals surface area contributed by atoms with E-state index >= 15 is 0 Å². The Morgan fingerprint density at radius 1 is 1.29 bits per heavy atom. The summed E-state index contributed by atoms with van der Waals surface area (Å²) in [6.07, 6.45) is 6.54. The quantitative estimate of drug-likeness (QED) is 0.750. The zero-order chi connectivity index (χ0) is 11.7. The van der Waals surface area contributed by atoms with Crippen LogP contribution < -0.4 is 5.32 Å². The first-order valence-corrected chi connectivity index (χ1v) is 7.69. The molecular formula is C15H21NS. The smallest absolute Gasteiger partial charge is 0.0906 e. The summed E-state index contributed by atoms with van der Waals surface area (Å²) < 4.78 is 0. The Kier molecular flexibility index (Phi) is 3.18. The summed E-state index contributed by atoms with van der Waals surface area (Å²) in [4.78, 5) is 0.213. The molecule has 2 atom stereocenters. The number of fused-ring (bicyclic) bond motifs is 2. The maximum absolute atomic E-state index is 3.82. The third-order valence-electron chi connectivity index (χ3n) is 4.04. The van der Waals surface area contributed by atoms with E-state index in [9.17, 15) is 0 Å². The van der Waals surface area contributed by atoms with E-state index in [2.05, 4.69) is 48.3 Å². The fourth-order valence-corrected chi connectivity index (χ4v) is 4.88. The van der Waals surface area contributed by atoms with Crippen LogP contribution in [0.3, 0.4) is 0 Å². The summed E-state index contributed by atoms with van der Waals surface area (Å²) in [5.74, 6) is 0. The van der Waals surface area contributed by atoms with Crippen LogP contribution in [0, 0.1) is 0 Å². The second-order valence-electron chi connectivity index (χ2n) is 5.34. The minimum Gasteiger partial charge on any atom is -0.299 e. The van der Waals surface area contributed by atoms with Crippen molar-refractivity contribution in [3.8, 4) is 0 Å². The fourth-order valence-electron chi connectivity index (χ4n) is 3.18. The molecule has 1 aromatic carbocycles. The van der Waals surface area contributed by atoms with Gasteiger partial charge in [0.2, 0.25) is 0 Å². The average Bonchev–Trinajstić information content (AvgIpc) is 2.51. The number of thioether (sulfide) groups is 1. The first-order valence-electron chi connectivity index (χ1n) is 6.81. The molecule has 0 radical (unpaired) electrons. The molecule has 0 amide bonds. The van der Waals surface area contributed by atoms with Crippen LogP contribution in [0.1, 0.15) is 43.7 Å². The summed E-state index contributed by atoms with van der Waals surface area (Å²) >= 11 is 2.15. The largest absolute Gasteiger partial charge is 0.299 e. The van der Waals surface area contributed by atoms with Crippen LogP contribution in [-0.2, 0) is 11.3 Å². The predicted molar refractivity (Wildman–Crippen MR) is 75.3 cm³/mol. The number of nitrogens with one attached hydrogen (secondary N) is 1. The lowest BCUT2D eigenvalue weighted by Gasteiger charge is -2.41. The lowest BCUT2D eigenvalue weighted by Crippen LogP contribution is -2.45. The Bertz CT molecular complexity index is 404. The third kappa shape index (κ3) is 2.13. The Morgan fingerprint density at radius 3 is 3.06 bits per heavy atom. The molecule has 92 valence electrons. The minimum atomic E-state index is 0.213. The van der Waals surface area contributed by atoms with Crippen LogP contribution in [0.15, 0.2) is 24.3 Å². The molecule has 1 nitrogen and oxygen atoms in total. The molecule has 1 spiro atoms. The molecule has 3 rings (SSSR count). The van der Waals surface area contributed by atoms with Gasteiger partial charge >= 0.3 is 0 Å². The van der Waals surface area contributed by atoms with Gasteiger partial charge in [-0.15, -0.1) is 11.8 Å². The summed E-state index contributed by atoms with van der Waals surface area (Å²) in [6.45, 7) is 3.54. The van der Waals surface area contributed by atoms with Gasteiger partial charge in [0, 0.05) is 5.25 Å². The zero-order valence-electron chi connectivity index (χ0n) is 10.5. The molecule has 1 aliphatic carbocycles. The molecule has 0 aromatic heterocycles. The van der Waals surface area contributed by atoms with Crippen LogP contribution in [0.2, 0.25) is 0 Å². The van der Waals surface area contributed by atoms with Crippen molar-refractivity contribution in [3.05, 3.63) is 35.4 Å². The van der Waals surface area contributed by atoms with Gasteiger partial charge in [0.25, 0.3) is 0 Å². The molecule has 0 saturated carbocycles. The van der Waals surface area contributed by atoms with Crippen molar-refractivity contribution in [2.75, 3.05) is 6.54 Å². The highest BCUT2D eigenvalue weighted by atomic mass is 32.2. The fraction of sp³-hybridized carbons (Fsp3) is 0.600. The number of hydrogen-bond donors (Lipinski definition) is 1. The van der Waals surface area contributed by atoms with Crippen molar-refractivity contribution in [3.63, 3.8) is 0 Å². The normalized spacial score (nSPS) is 33.1. The highest BCUT2D eigenvalue weighted by Gasteiger charge is 2.38. The number of aryl methyl sites for hydroxylation is 1. The van der Waals surface area contributed by atoms with Crippen molar-refractivity contribution in [1.29, 1.82) is 0 Å². The van der Waals surface area contributed by atoms with Crippen molar-refractivity contribution < 1.29 is 0 Å². The van der Waals surface area contributed by atoms with Crippen LogP contribution in [-0.4, -0.2) is 11.8 Å². The Morgan fingerprint density at radius 2 is 2.18 bits per heavy atom. The molecule has 1 N–H and O–H groups in total. The van der Waals surface area contributed by atoms with E-state index in [4.69, 9.17) is 0 Å². The van der Waals surface area contributed by atoms with E-state index in [1.807, 2.05) is 0 Å². The highest BCUT2D eigenvalue weighted by molar-refractivity contribution is 8.00. The van der Waals surface area contributed by atoms with Crippen LogP contribution in [0.5, 0.6) is 0 Å². The molecule has 1 heterocycles. The molecule has 1 fully saturated rings. The molecule has 17 heavy (non-hydrogen) atoms. The van der Waals surface area contributed by atoms with Crippen LogP contribution in [0.25, 0.3) is 0 Å². The van der Waals surface area contributed by atoms with E-state index in [0.717, 1.165) is 5.25 Å². The highest BCUT2D eigenvalue weighted by Crippen LogP contribution is 2.47. The van der Waals surface area contributed by atoms with E-state index in [1.165, 1.54) is 38.6 Å². The van der Waals surface area contributed by atoms with Gasteiger partial charge in [0.1, 0.15) is 0 Å². The van der Waals surface area contributed by atoms with Gasteiger partial charge < -0.3 is 0 Å². The van der Waals surface area contributed by atoms with Gasteiger partial charge in [0.15, 0.2) is 0 Å². The standard InChI is InChI=1S/C15H21NS/c1-12-9-11-16-15(17-12)10-5-4-7-13-6-2-3-8-14(13)15/h2-3,6,8,12,16H,4-5,7,9-11H2,1H3.